The SMILES string of the molecule is CC1(C)CCCC(C)(C)P1CC1CCC[C@@H]1CP1C(C)(C)CCCC1(C)C. The van der Waals surface area contributed by atoms with Gasteiger partial charge in [-0.3, -0.25) is 0 Å². The molecule has 1 saturated carbocycles. The van der Waals surface area contributed by atoms with Gasteiger partial charge in [-0.15, -0.1) is 0 Å². The highest BCUT2D eigenvalue weighted by molar-refractivity contribution is 7.61. The molecular weight excluding hydrogens is 362 g/mol. The van der Waals surface area contributed by atoms with Crippen molar-refractivity contribution in [3.05, 3.63) is 0 Å². The third-order valence-corrected chi connectivity index (χ3v) is 17.1. The van der Waals surface area contributed by atoms with Gasteiger partial charge < -0.3 is 0 Å². The molecule has 2 heteroatoms. The van der Waals surface area contributed by atoms with Crippen LogP contribution >= 0.6 is 15.8 Å². The van der Waals surface area contributed by atoms with Gasteiger partial charge in [0.1, 0.15) is 0 Å². The third-order valence-electron chi connectivity index (χ3n) is 8.73. The zero-order valence-electron chi connectivity index (χ0n) is 19.8. The summed E-state index contributed by atoms with van der Waals surface area (Å²) in [6.07, 6.45) is 16.6. The van der Waals surface area contributed by atoms with Crippen molar-refractivity contribution in [3.63, 3.8) is 0 Å². The predicted octanol–water partition coefficient (Wildman–Crippen LogP) is 8.85. The van der Waals surface area contributed by atoms with E-state index in [1.54, 1.807) is 25.2 Å². The standard InChI is InChI=1S/C25H48P2/c1-22(2)14-10-15-23(3,4)26(22)18-20-12-9-13-21(20)19-27-24(5,6)16-11-17-25(27,7)8/h20-21H,9-19H2,1-8H3/t20-,21?/m1/s1. The molecule has 2 atom stereocenters. The normalized spacial score (nSPS) is 36.0. The van der Waals surface area contributed by atoms with Crippen LogP contribution < -0.4 is 0 Å². The van der Waals surface area contributed by atoms with Gasteiger partial charge in [0.25, 0.3) is 0 Å². The van der Waals surface area contributed by atoms with Crippen LogP contribution in [-0.4, -0.2) is 32.9 Å². The number of hydrogen-bond donors (Lipinski definition) is 0. The fourth-order valence-corrected chi connectivity index (χ4v) is 16.0. The van der Waals surface area contributed by atoms with E-state index in [4.69, 9.17) is 0 Å². The van der Waals surface area contributed by atoms with Gasteiger partial charge in [0, 0.05) is 0 Å². The summed E-state index contributed by atoms with van der Waals surface area (Å²) in [7, 11) is 0.281. The second kappa shape index (κ2) is 7.84. The van der Waals surface area contributed by atoms with Crippen molar-refractivity contribution in [1.29, 1.82) is 0 Å². The van der Waals surface area contributed by atoms with Crippen molar-refractivity contribution < 1.29 is 0 Å². The molecule has 1 unspecified atom stereocenters. The lowest BCUT2D eigenvalue weighted by Gasteiger charge is -2.53. The molecule has 2 aliphatic heterocycles. The Kier molecular flexibility index (Phi) is 6.55. The van der Waals surface area contributed by atoms with E-state index < -0.39 is 0 Å². The van der Waals surface area contributed by atoms with Crippen LogP contribution in [0.2, 0.25) is 0 Å². The van der Waals surface area contributed by atoms with Crippen LogP contribution in [0.15, 0.2) is 0 Å². The summed E-state index contributed by atoms with van der Waals surface area (Å²) in [4.78, 5) is 0. The van der Waals surface area contributed by atoms with E-state index in [-0.39, 0.29) is 15.8 Å². The predicted molar refractivity (Wildman–Crippen MR) is 128 cm³/mol. The van der Waals surface area contributed by atoms with Crippen LogP contribution in [0.1, 0.15) is 113 Å². The fourth-order valence-electron chi connectivity index (χ4n) is 7.14. The summed E-state index contributed by atoms with van der Waals surface area (Å²) in [5.74, 6) is 2.09. The summed E-state index contributed by atoms with van der Waals surface area (Å²) in [5.41, 5.74) is 0. The minimum atomic E-state index is 0.140. The van der Waals surface area contributed by atoms with Gasteiger partial charge in [-0.05, 0) is 83.3 Å². The second-order valence-electron chi connectivity index (χ2n) is 12.6. The molecule has 3 rings (SSSR count). The minimum absolute atomic E-state index is 0.140. The van der Waals surface area contributed by atoms with E-state index in [0.717, 1.165) is 11.8 Å². The van der Waals surface area contributed by atoms with Crippen molar-refractivity contribution >= 4 is 15.8 Å². The molecule has 0 bridgehead atoms. The van der Waals surface area contributed by atoms with Gasteiger partial charge in [-0.25, -0.2) is 0 Å². The van der Waals surface area contributed by atoms with Crippen molar-refractivity contribution in [1.82, 2.24) is 0 Å². The molecule has 0 aromatic carbocycles. The molecule has 27 heavy (non-hydrogen) atoms. The Bertz CT molecular complexity index is 438. The van der Waals surface area contributed by atoms with Crippen molar-refractivity contribution in [3.8, 4) is 0 Å². The summed E-state index contributed by atoms with van der Waals surface area (Å²) >= 11 is 0. The lowest BCUT2D eigenvalue weighted by atomic mass is 9.97. The lowest BCUT2D eigenvalue weighted by molar-refractivity contribution is 0.421. The van der Waals surface area contributed by atoms with Crippen LogP contribution in [0.3, 0.4) is 0 Å². The Morgan fingerprint density at radius 1 is 0.519 bits per heavy atom. The quantitative estimate of drug-likeness (QED) is 0.406. The second-order valence-corrected chi connectivity index (χ2v) is 19.9. The average Bonchev–Trinajstić information content (AvgIpc) is 2.93. The van der Waals surface area contributed by atoms with E-state index in [0.29, 0.717) is 20.6 Å². The maximum Gasteiger partial charge on any atom is -0.0146 e. The van der Waals surface area contributed by atoms with Crippen molar-refractivity contribution in [2.45, 2.75) is 134 Å². The Morgan fingerprint density at radius 3 is 1.11 bits per heavy atom. The Hall–Kier alpha value is 0.860. The van der Waals surface area contributed by atoms with E-state index in [9.17, 15) is 0 Å². The van der Waals surface area contributed by atoms with Gasteiger partial charge >= 0.3 is 0 Å². The van der Waals surface area contributed by atoms with Crippen LogP contribution in [0, 0.1) is 11.8 Å². The van der Waals surface area contributed by atoms with Gasteiger partial charge in [-0.1, -0.05) is 90.5 Å². The summed E-state index contributed by atoms with van der Waals surface area (Å²) in [6.45, 7) is 20.9. The first-order valence-electron chi connectivity index (χ1n) is 11.9. The smallest absolute Gasteiger partial charge is 0.0146 e. The van der Waals surface area contributed by atoms with E-state index in [1.165, 1.54) is 44.9 Å². The molecule has 2 heterocycles. The Balaban J connectivity index is 1.73. The summed E-state index contributed by atoms with van der Waals surface area (Å²) < 4.78 is 0. The molecule has 3 aliphatic rings. The maximum atomic E-state index is 2.61. The first-order valence-corrected chi connectivity index (χ1v) is 15.0. The van der Waals surface area contributed by atoms with Crippen LogP contribution in [0.5, 0.6) is 0 Å². The van der Waals surface area contributed by atoms with Crippen LogP contribution in [-0.2, 0) is 0 Å². The molecule has 0 aromatic heterocycles. The van der Waals surface area contributed by atoms with Gasteiger partial charge in [-0.2, -0.15) is 0 Å². The molecule has 0 nitrogen and oxygen atoms in total. The van der Waals surface area contributed by atoms with Gasteiger partial charge in [0.2, 0.25) is 0 Å². The fraction of sp³-hybridized carbons (Fsp3) is 1.00. The first-order chi connectivity index (χ1) is 12.4. The Morgan fingerprint density at radius 2 is 0.815 bits per heavy atom. The molecular formula is C25H48P2. The molecule has 1 aliphatic carbocycles. The molecule has 0 amide bonds. The largest absolute Gasteiger partial charge is 0.0948 e. The summed E-state index contributed by atoms with van der Waals surface area (Å²) in [6, 6.07) is 0. The van der Waals surface area contributed by atoms with Gasteiger partial charge in [0.15, 0.2) is 0 Å². The summed E-state index contributed by atoms with van der Waals surface area (Å²) in [5, 5.41) is 2.44. The van der Waals surface area contributed by atoms with Crippen LogP contribution in [0.4, 0.5) is 0 Å². The molecule has 0 aromatic rings. The zero-order chi connectivity index (χ0) is 20.1. The highest BCUT2D eigenvalue weighted by atomic mass is 31.1. The third kappa shape index (κ3) is 4.79. The number of rotatable bonds is 4. The van der Waals surface area contributed by atoms with Gasteiger partial charge in [0.05, 0.1) is 0 Å². The topological polar surface area (TPSA) is 0 Å². The molecule has 0 N–H and O–H groups in total. The zero-order valence-corrected chi connectivity index (χ0v) is 21.6. The molecule has 0 spiro atoms. The lowest BCUT2D eigenvalue weighted by Crippen LogP contribution is -2.39. The average molecular weight is 411 g/mol. The molecule has 3 fully saturated rings. The van der Waals surface area contributed by atoms with Crippen LogP contribution in [0.25, 0.3) is 0 Å². The highest BCUT2D eigenvalue weighted by Crippen LogP contribution is 2.70. The van der Waals surface area contributed by atoms with E-state index in [2.05, 4.69) is 55.4 Å². The molecule has 0 radical (unpaired) electrons. The van der Waals surface area contributed by atoms with Crippen molar-refractivity contribution in [2.75, 3.05) is 12.3 Å². The molecule has 158 valence electrons. The Labute approximate surface area is 173 Å². The first kappa shape index (κ1) is 22.5. The highest BCUT2D eigenvalue weighted by Gasteiger charge is 2.48. The van der Waals surface area contributed by atoms with E-state index >= 15 is 0 Å². The minimum Gasteiger partial charge on any atom is -0.0948 e. The van der Waals surface area contributed by atoms with Crippen molar-refractivity contribution in [2.24, 2.45) is 11.8 Å². The molecule has 2 saturated heterocycles. The van der Waals surface area contributed by atoms with E-state index in [1.807, 2.05) is 0 Å². The maximum absolute atomic E-state index is 2.61. The monoisotopic (exact) mass is 410 g/mol. The number of hydrogen-bond acceptors (Lipinski definition) is 0.